The van der Waals surface area contributed by atoms with E-state index in [4.69, 9.17) is 9.16 Å². The van der Waals surface area contributed by atoms with Crippen LogP contribution in [-0.2, 0) is 9.16 Å². The van der Waals surface area contributed by atoms with Crippen molar-refractivity contribution in [3.8, 4) is 0 Å². The van der Waals surface area contributed by atoms with Crippen molar-refractivity contribution in [2.24, 2.45) is 0 Å². The smallest absolute Gasteiger partial charge is 0.258 e. The van der Waals surface area contributed by atoms with Gasteiger partial charge in [-0.05, 0) is 23.5 Å². The Morgan fingerprint density at radius 3 is 2.16 bits per heavy atom. The summed E-state index contributed by atoms with van der Waals surface area (Å²) in [6.07, 6.45) is 2.37. The van der Waals surface area contributed by atoms with Gasteiger partial charge in [0.15, 0.2) is 0 Å². The fourth-order valence-electron chi connectivity index (χ4n) is 3.51. The Bertz CT molecular complexity index is 595. The SMILES string of the molecule is CCCC[Si](O[C@H]1COCCN1C)(c1ccccc1)c1ccccc1. The Morgan fingerprint density at radius 1 is 1.04 bits per heavy atom. The standard InChI is InChI=1S/C21H29NO2Si/c1-3-4-17-25(19-11-7-5-8-12-19,20-13-9-6-10-14-20)24-21-18-23-16-15-22(21)2/h5-14,21H,3-4,15-18H2,1-2H3/t21-/m0/s1. The van der Waals surface area contributed by atoms with E-state index >= 15 is 0 Å². The van der Waals surface area contributed by atoms with Crippen molar-refractivity contribution in [2.45, 2.75) is 32.0 Å². The highest BCUT2D eigenvalue weighted by atomic mass is 28.4. The van der Waals surface area contributed by atoms with Crippen molar-refractivity contribution >= 4 is 18.7 Å². The minimum atomic E-state index is -2.32. The lowest BCUT2D eigenvalue weighted by atomic mass is 10.4. The monoisotopic (exact) mass is 355 g/mol. The Balaban J connectivity index is 2.04. The molecule has 4 heteroatoms. The molecule has 1 atom stereocenters. The summed E-state index contributed by atoms with van der Waals surface area (Å²) in [4.78, 5) is 2.29. The summed E-state index contributed by atoms with van der Waals surface area (Å²) < 4.78 is 12.7. The second kappa shape index (κ2) is 8.76. The third-order valence-corrected chi connectivity index (χ3v) is 9.30. The van der Waals surface area contributed by atoms with Gasteiger partial charge < -0.3 is 9.16 Å². The van der Waals surface area contributed by atoms with Crippen molar-refractivity contribution in [1.82, 2.24) is 4.90 Å². The number of hydrogen-bond acceptors (Lipinski definition) is 3. The van der Waals surface area contributed by atoms with Gasteiger partial charge >= 0.3 is 0 Å². The van der Waals surface area contributed by atoms with Gasteiger partial charge in [-0.2, -0.15) is 0 Å². The highest BCUT2D eigenvalue weighted by Gasteiger charge is 2.42. The predicted octanol–water partition coefficient (Wildman–Crippen LogP) is 2.85. The fourth-order valence-corrected chi connectivity index (χ4v) is 7.84. The molecular weight excluding hydrogens is 326 g/mol. The van der Waals surface area contributed by atoms with Crippen LogP contribution >= 0.6 is 0 Å². The molecule has 1 fully saturated rings. The molecule has 3 nitrogen and oxygen atoms in total. The average Bonchev–Trinajstić information content (AvgIpc) is 2.68. The van der Waals surface area contributed by atoms with Crippen LogP contribution in [0.1, 0.15) is 19.8 Å². The first kappa shape index (κ1) is 18.3. The molecule has 0 bridgehead atoms. The first-order valence-corrected chi connectivity index (χ1v) is 11.4. The highest BCUT2D eigenvalue weighted by Crippen LogP contribution is 2.21. The molecule has 0 N–H and O–H groups in total. The zero-order chi connectivity index (χ0) is 17.5. The van der Waals surface area contributed by atoms with Crippen LogP contribution in [-0.4, -0.2) is 46.3 Å². The lowest BCUT2D eigenvalue weighted by Gasteiger charge is -2.41. The molecule has 0 unspecified atom stereocenters. The number of hydrogen-bond donors (Lipinski definition) is 0. The summed E-state index contributed by atoms with van der Waals surface area (Å²) in [6, 6.07) is 22.8. The van der Waals surface area contributed by atoms with Gasteiger partial charge in [-0.1, -0.05) is 80.4 Å². The topological polar surface area (TPSA) is 21.7 Å². The van der Waals surface area contributed by atoms with E-state index in [1.54, 1.807) is 0 Å². The molecule has 134 valence electrons. The molecule has 0 saturated carbocycles. The second-order valence-corrected chi connectivity index (χ2v) is 10.3. The highest BCUT2D eigenvalue weighted by molar-refractivity contribution is 6.97. The fraction of sp³-hybridized carbons (Fsp3) is 0.429. The van der Waals surface area contributed by atoms with E-state index in [1.807, 2.05) is 0 Å². The number of nitrogens with zero attached hydrogens (tertiary/aromatic N) is 1. The Kier molecular flexibility index (Phi) is 6.43. The van der Waals surface area contributed by atoms with E-state index in [1.165, 1.54) is 23.2 Å². The van der Waals surface area contributed by atoms with Crippen LogP contribution in [0.2, 0.25) is 6.04 Å². The Labute approximate surface area is 152 Å². The molecule has 0 aromatic heterocycles. The third kappa shape index (κ3) is 4.21. The summed E-state index contributed by atoms with van der Waals surface area (Å²) in [7, 11) is -0.179. The normalized spacial score (nSPS) is 19.0. The molecular formula is C21H29NO2Si. The van der Waals surface area contributed by atoms with Crippen LogP contribution in [0.5, 0.6) is 0 Å². The number of unbranched alkanes of at least 4 members (excludes halogenated alkanes) is 1. The molecule has 2 aromatic rings. The van der Waals surface area contributed by atoms with Crippen molar-refractivity contribution in [3.63, 3.8) is 0 Å². The van der Waals surface area contributed by atoms with Crippen LogP contribution in [0, 0.1) is 0 Å². The van der Waals surface area contributed by atoms with E-state index in [-0.39, 0.29) is 6.23 Å². The van der Waals surface area contributed by atoms with E-state index in [2.05, 4.69) is 79.5 Å². The molecule has 1 aliphatic heterocycles. The summed E-state index contributed by atoms with van der Waals surface area (Å²) in [5.41, 5.74) is 0. The number of rotatable bonds is 7. The van der Waals surface area contributed by atoms with Crippen molar-refractivity contribution in [3.05, 3.63) is 60.7 Å². The molecule has 3 rings (SSSR count). The van der Waals surface area contributed by atoms with E-state index in [0.717, 1.165) is 19.2 Å². The number of likely N-dealkylation sites (N-methyl/N-ethyl adjacent to an activating group) is 1. The minimum Gasteiger partial charge on any atom is -0.390 e. The van der Waals surface area contributed by atoms with Crippen LogP contribution in [0.25, 0.3) is 0 Å². The number of ether oxygens (including phenoxy) is 1. The Hall–Kier alpha value is -1.46. The average molecular weight is 356 g/mol. The Morgan fingerprint density at radius 2 is 1.64 bits per heavy atom. The first-order valence-electron chi connectivity index (χ1n) is 9.33. The molecule has 1 saturated heterocycles. The van der Waals surface area contributed by atoms with Gasteiger partial charge in [-0.25, -0.2) is 0 Å². The first-order chi connectivity index (χ1) is 12.3. The molecule has 0 amide bonds. The summed E-state index contributed by atoms with van der Waals surface area (Å²) in [6.45, 7) is 4.62. The maximum Gasteiger partial charge on any atom is 0.258 e. The van der Waals surface area contributed by atoms with Gasteiger partial charge in [0.2, 0.25) is 0 Å². The summed E-state index contributed by atoms with van der Waals surface area (Å²) in [5.74, 6) is 0. The molecule has 0 aliphatic carbocycles. The van der Waals surface area contributed by atoms with Crippen LogP contribution < -0.4 is 10.4 Å². The third-order valence-electron chi connectivity index (χ3n) is 5.04. The van der Waals surface area contributed by atoms with Gasteiger partial charge in [0.25, 0.3) is 8.32 Å². The predicted molar refractivity (Wildman–Crippen MR) is 106 cm³/mol. The van der Waals surface area contributed by atoms with Crippen molar-refractivity contribution in [2.75, 3.05) is 26.8 Å². The number of morpholine rings is 1. The van der Waals surface area contributed by atoms with Crippen LogP contribution in [0.15, 0.2) is 60.7 Å². The van der Waals surface area contributed by atoms with Gasteiger partial charge in [-0.3, -0.25) is 4.90 Å². The molecule has 0 spiro atoms. The van der Waals surface area contributed by atoms with Crippen LogP contribution in [0.3, 0.4) is 0 Å². The molecule has 1 heterocycles. The number of benzene rings is 2. The quantitative estimate of drug-likeness (QED) is 0.713. The summed E-state index contributed by atoms with van der Waals surface area (Å²) in [5, 5.41) is 2.71. The van der Waals surface area contributed by atoms with Crippen LogP contribution in [0.4, 0.5) is 0 Å². The minimum absolute atomic E-state index is 0.0256. The van der Waals surface area contributed by atoms with Gasteiger partial charge in [0.05, 0.1) is 13.2 Å². The van der Waals surface area contributed by atoms with Crippen molar-refractivity contribution < 1.29 is 9.16 Å². The molecule has 25 heavy (non-hydrogen) atoms. The van der Waals surface area contributed by atoms with E-state index in [9.17, 15) is 0 Å². The zero-order valence-electron chi connectivity index (χ0n) is 15.4. The largest absolute Gasteiger partial charge is 0.390 e. The maximum atomic E-state index is 7.01. The van der Waals surface area contributed by atoms with Crippen molar-refractivity contribution in [1.29, 1.82) is 0 Å². The van der Waals surface area contributed by atoms with E-state index < -0.39 is 8.32 Å². The van der Waals surface area contributed by atoms with Gasteiger partial charge in [-0.15, -0.1) is 0 Å². The molecule has 0 radical (unpaired) electrons. The second-order valence-electron chi connectivity index (χ2n) is 6.79. The van der Waals surface area contributed by atoms with Gasteiger partial charge in [0.1, 0.15) is 6.23 Å². The zero-order valence-corrected chi connectivity index (χ0v) is 16.4. The maximum absolute atomic E-state index is 7.01. The lowest BCUT2D eigenvalue weighted by Crippen LogP contribution is -2.65. The lowest BCUT2D eigenvalue weighted by molar-refractivity contribution is -0.0826. The molecule has 1 aliphatic rings. The molecule has 2 aromatic carbocycles. The van der Waals surface area contributed by atoms with Gasteiger partial charge in [0, 0.05) is 6.54 Å². The summed E-state index contributed by atoms with van der Waals surface area (Å²) >= 11 is 0. The van der Waals surface area contributed by atoms with E-state index in [0.29, 0.717) is 6.61 Å².